The maximum atomic E-state index is 11.1. The van der Waals surface area contributed by atoms with Crippen molar-refractivity contribution in [1.29, 1.82) is 0 Å². The largest absolute Gasteiger partial charge is 0.480 e. The van der Waals surface area contributed by atoms with Gasteiger partial charge < -0.3 is 10.8 Å². The number of nitrogens with zero attached hydrogens (tertiary/aromatic N) is 1. The number of carbonyl (C=O) groups is 1. The minimum Gasteiger partial charge on any atom is -0.480 e. The van der Waals surface area contributed by atoms with Crippen molar-refractivity contribution in [3.63, 3.8) is 0 Å². The fourth-order valence-electron chi connectivity index (χ4n) is 1.63. The highest BCUT2D eigenvalue weighted by Gasteiger charge is 2.24. The van der Waals surface area contributed by atoms with E-state index in [1.165, 1.54) is 0 Å². The van der Waals surface area contributed by atoms with Crippen LogP contribution in [-0.4, -0.2) is 41.7 Å². The lowest BCUT2D eigenvalue weighted by Gasteiger charge is -2.29. The molecule has 4 heteroatoms. The maximum absolute atomic E-state index is 11.1. The summed E-state index contributed by atoms with van der Waals surface area (Å²) in [5.74, 6) is -0.227. The van der Waals surface area contributed by atoms with Crippen molar-refractivity contribution in [1.82, 2.24) is 4.90 Å². The van der Waals surface area contributed by atoms with E-state index < -0.39 is 12.0 Å². The van der Waals surface area contributed by atoms with Crippen molar-refractivity contribution in [2.45, 2.75) is 39.7 Å². The first-order chi connectivity index (χ1) is 7.06. The molecular formula is C11H24N2O2. The Bertz CT molecular complexity index is 185. The second kappa shape index (κ2) is 7.65. The summed E-state index contributed by atoms with van der Waals surface area (Å²) in [5.41, 5.74) is 5.43. The van der Waals surface area contributed by atoms with E-state index in [0.717, 1.165) is 19.5 Å². The molecule has 0 aliphatic carbocycles. The van der Waals surface area contributed by atoms with E-state index >= 15 is 0 Å². The van der Waals surface area contributed by atoms with Crippen molar-refractivity contribution < 1.29 is 9.90 Å². The van der Waals surface area contributed by atoms with Gasteiger partial charge in [0, 0.05) is 6.54 Å². The van der Waals surface area contributed by atoms with Gasteiger partial charge in [0.15, 0.2) is 0 Å². The van der Waals surface area contributed by atoms with Crippen molar-refractivity contribution in [2.75, 3.05) is 19.6 Å². The predicted octanol–water partition coefficient (Wildman–Crippen LogP) is 1.16. The molecule has 0 rings (SSSR count). The highest BCUT2D eigenvalue weighted by molar-refractivity contribution is 5.73. The standard InChI is InChI=1S/C11H24N2O2/c1-4-9(3)8-13(5-2)10(6-7-12)11(14)15/h9-10H,4-8,12H2,1-3H3,(H,14,15). The second-order valence-electron chi connectivity index (χ2n) is 4.03. The van der Waals surface area contributed by atoms with Crippen LogP contribution in [0.2, 0.25) is 0 Å². The first-order valence-electron chi connectivity index (χ1n) is 5.73. The Morgan fingerprint density at radius 3 is 2.40 bits per heavy atom. The number of hydrogen-bond acceptors (Lipinski definition) is 3. The molecule has 0 amide bonds. The first kappa shape index (κ1) is 14.4. The lowest BCUT2D eigenvalue weighted by Crippen LogP contribution is -2.44. The van der Waals surface area contributed by atoms with Gasteiger partial charge in [-0.2, -0.15) is 0 Å². The van der Waals surface area contributed by atoms with Gasteiger partial charge >= 0.3 is 5.97 Å². The van der Waals surface area contributed by atoms with E-state index in [1.807, 2.05) is 11.8 Å². The van der Waals surface area contributed by atoms with Crippen LogP contribution in [0.3, 0.4) is 0 Å². The zero-order valence-electron chi connectivity index (χ0n) is 10.1. The number of rotatable bonds is 8. The molecule has 4 nitrogen and oxygen atoms in total. The zero-order valence-corrected chi connectivity index (χ0v) is 10.1. The summed E-state index contributed by atoms with van der Waals surface area (Å²) in [6.45, 7) is 8.29. The Labute approximate surface area is 92.4 Å². The van der Waals surface area contributed by atoms with Crippen LogP contribution >= 0.6 is 0 Å². The van der Waals surface area contributed by atoms with Crippen LogP contribution in [0.1, 0.15) is 33.6 Å². The zero-order chi connectivity index (χ0) is 11.8. The molecule has 0 aliphatic heterocycles. The van der Waals surface area contributed by atoms with Crippen molar-refractivity contribution in [2.24, 2.45) is 11.7 Å². The van der Waals surface area contributed by atoms with E-state index in [4.69, 9.17) is 10.8 Å². The van der Waals surface area contributed by atoms with Gasteiger partial charge in [-0.15, -0.1) is 0 Å². The van der Waals surface area contributed by atoms with Gasteiger partial charge in [-0.1, -0.05) is 27.2 Å². The highest BCUT2D eigenvalue weighted by Crippen LogP contribution is 2.10. The maximum Gasteiger partial charge on any atom is 0.320 e. The van der Waals surface area contributed by atoms with Crippen LogP contribution in [0, 0.1) is 5.92 Å². The topological polar surface area (TPSA) is 66.6 Å². The Balaban J connectivity index is 4.37. The lowest BCUT2D eigenvalue weighted by atomic mass is 10.1. The second-order valence-corrected chi connectivity index (χ2v) is 4.03. The predicted molar refractivity (Wildman–Crippen MR) is 61.8 cm³/mol. The molecule has 0 aromatic carbocycles. The van der Waals surface area contributed by atoms with Gasteiger partial charge in [0.25, 0.3) is 0 Å². The molecule has 0 saturated carbocycles. The summed E-state index contributed by atoms with van der Waals surface area (Å²) < 4.78 is 0. The third-order valence-corrected chi connectivity index (χ3v) is 2.82. The van der Waals surface area contributed by atoms with Gasteiger partial charge in [-0.05, 0) is 25.4 Å². The number of carboxylic acid groups (broad SMARTS) is 1. The molecule has 0 fully saturated rings. The van der Waals surface area contributed by atoms with Crippen LogP contribution in [0.15, 0.2) is 0 Å². The number of carboxylic acids is 1. The molecule has 0 aliphatic rings. The minimum absolute atomic E-state index is 0.422. The summed E-state index contributed by atoms with van der Waals surface area (Å²) in [5, 5.41) is 9.09. The van der Waals surface area contributed by atoms with E-state index in [-0.39, 0.29) is 0 Å². The Hall–Kier alpha value is -0.610. The quantitative estimate of drug-likeness (QED) is 0.639. The van der Waals surface area contributed by atoms with Crippen LogP contribution in [0.5, 0.6) is 0 Å². The van der Waals surface area contributed by atoms with Crippen LogP contribution < -0.4 is 5.73 Å². The monoisotopic (exact) mass is 216 g/mol. The molecule has 3 N–H and O–H groups in total. The highest BCUT2D eigenvalue weighted by atomic mass is 16.4. The number of likely N-dealkylation sites (N-methyl/N-ethyl adjacent to an activating group) is 1. The Kier molecular flexibility index (Phi) is 7.34. The Morgan fingerprint density at radius 2 is 2.07 bits per heavy atom. The fraction of sp³-hybridized carbons (Fsp3) is 0.909. The molecule has 0 saturated heterocycles. The molecule has 0 heterocycles. The normalized spacial score (nSPS) is 15.3. The van der Waals surface area contributed by atoms with E-state index in [2.05, 4.69) is 13.8 Å². The molecule has 0 spiro atoms. The fourth-order valence-corrected chi connectivity index (χ4v) is 1.63. The molecule has 90 valence electrons. The van der Waals surface area contributed by atoms with E-state index in [0.29, 0.717) is 18.9 Å². The first-order valence-corrected chi connectivity index (χ1v) is 5.73. The van der Waals surface area contributed by atoms with Crippen LogP contribution in [-0.2, 0) is 4.79 Å². The Morgan fingerprint density at radius 1 is 1.47 bits per heavy atom. The third-order valence-electron chi connectivity index (χ3n) is 2.82. The number of hydrogen-bond donors (Lipinski definition) is 2. The number of nitrogens with two attached hydrogens (primary N) is 1. The smallest absolute Gasteiger partial charge is 0.320 e. The molecule has 15 heavy (non-hydrogen) atoms. The van der Waals surface area contributed by atoms with Crippen molar-refractivity contribution >= 4 is 5.97 Å². The summed E-state index contributed by atoms with van der Waals surface area (Å²) in [6, 6.07) is -0.422. The molecule has 2 atom stereocenters. The van der Waals surface area contributed by atoms with Gasteiger partial charge in [-0.3, -0.25) is 9.69 Å². The summed E-state index contributed by atoms with van der Waals surface area (Å²) in [7, 11) is 0. The lowest BCUT2D eigenvalue weighted by molar-refractivity contribution is -0.143. The van der Waals surface area contributed by atoms with E-state index in [1.54, 1.807) is 0 Å². The van der Waals surface area contributed by atoms with Crippen LogP contribution in [0.25, 0.3) is 0 Å². The molecule has 0 aromatic heterocycles. The SMILES string of the molecule is CCC(C)CN(CC)C(CCN)C(=O)O. The summed E-state index contributed by atoms with van der Waals surface area (Å²) in [6.07, 6.45) is 1.60. The number of aliphatic carboxylic acids is 1. The van der Waals surface area contributed by atoms with Crippen molar-refractivity contribution in [3.05, 3.63) is 0 Å². The van der Waals surface area contributed by atoms with Gasteiger partial charge in [0.2, 0.25) is 0 Å². The van der Waals surface area contributed by atoms with Gasteiger partial charge in [-0.25, -0.2) is 0 Å². The third kappa shape index (κ3) is 5.14. The van der Waals surface area contributed by atoms with Crippen LogP contribution in [0.4, 0.5) is 0 Å². The molecule has 2 unspecified atom stereocenters. The summed E-state index contributed by atoms with van der Waals surface area (Å²) >= 11 is 0. The average Bonchev–Trinajstić information content (AvgIpc) is 2.22. The molecular weight excluding hydrogens is 192 g/mol. The molecule has 0 aromatic rings. The molecule has 0 radical (unpaired) electrons. The minimum atomic E-state index is -0.759. The van der Waals surface area contributed by atoms with E-state index in [9.17, 15) is 4.79 Å². The molecule has 0 bridgehead atoms. The summed E-state index contributed by atoms with van der Waals surface area (Å²) in [4.78, 5) is 13.1. The van der Waals surface area contributed by atoms with Crippen molar-refractivity contribution in [3.8, 4) is 0 Å². The average molecular weight is 216 g/mol. The van der Waals surface area contributed by atoms with Gasteiger partial charge in [0.1, 0.15) is 6.04 Å². The van der Waals surface area contributed by atoms with Gasteiger partial charge in [0.05, 0.1) is 0 Å².